The van der Waals surface area contributed by atoms with Gasteiger partial charge in [-0.3, -0.25) is 4.79 Å². The molecule has 0 saturated carbocycles. The van der Waals surface area contributed by atoms with Gasteiger partial charge in [-0.05, 0) is 49.1 Å². The van der Waals surface area contributed by atoms with Crippen LogP contribution in [0.5, 0.6) is 0 Å². The number of aliphatic imine (C=N–C) groups is 1. The van der Waals surface area contributed by atoms with Crippen LogP contribution >= 0.6 is 0 Å². The first-order valence-corrected chi connectivity index (χ1v) is 14.1. The normalized spacial score (nSPS) is 21.1. The highest BCUT2D eigenvalue weighted by Gasteiger charge is 2.44. The molecule has 230 valence electrons. The minimum absolute atomic E-state index is 0.00897. The van der Waals surface area contributed by atoms with Crippen molar-refractivity contribution in [3.05, 3.63) is 88.4 Å². The summed E-state index contributed by atoms with van der Waals surface area (Å²) in [6.07, 6.45) is -2.70. The monoisotopic (exact) mass is 603 g/mol. The van der Waals surface area contributed by atoms with Gasteiger partial charge in [0.05, 0.1) is 11.3 Å². The summed E-state index contributed by atoms with van der Waals surface area (Å²) in [5.74, 6) is 0.163. The highest BCUT2D eigenvalue weighted by molar-refractivity contribution is 6.05. The molecule has 7 nitrogen and oxygen atoms in total. The van der Waals surface area contributed by atoms with E-state index in [0.29, 0.717) is 37.3 Å². The predicted molar refractivity (Wildman–Crippen MR) is 152 cm³/mol. The molecule has 1 saturated heterocycles. The smallest absolute Gasteiger partial charge is 0.382 e. The van der Waals surface area contributed by atoms with Crippen LogP contribution in [0.2, 0.25) is 0 Å². The second-order valence-electron chi connectivity index (χ2n) is 11.3. The van der Waals surface area contributed by atoms with E-state index in [4.69, 9.17) is 5.73 Å². The zero-order valence-electron chi connectivity index (χ0n) is 24.1. The van der Waals surface area contributed by atoms with Crippen LogP contribution in [0.1, 0.15) is 67.4 Å². The lowest BCUT2D eigenvalue weighted by atomic mass is 9.85. The van der Waals surface area contributed by atoms with E-state index in [9.17, 15) is 31.9 Å². The van der Waals surface area contributed by atoms with E-state index < -0.39 is 29.3 Å². The van der Waals surface area contributed by atoms with Gasteiger partial charge in [0.2, 0.25) is 5.91 Å². The average molecular weight is 604 g/mol. The van der Waals surface area contributed by atoms with Crippen LogP contribution in [0.4, 0.5) is 22.0 Å². The topological polar surface area (TPSA) is 85.4 Å². The van der Waals surface area contributed by atoms with Crippen molar-refractivity contribution in [1.82, 2.24) is 14.7 Å². The molecule has 0 bridgehead atoms. The standard InChI is InChI=1S/C31H34F5N5O2/c1-4-18(17-40-13-6-9-24(40)42)29-39(3)25(26-28(37)38-12-14-41(26)29)22-11-10-20(16-23(22)27(32)33)30(2,43)19-7-5-8-21(15-19)31(34,35)36/h5,7-8,10-12,14-16,18,27,29,43H,4,6,9,13,17H2,1-3H3,(H2,37,38)/t18?,29?,30-/m0/s1. The quantitative estimate of drug-likeness (QED) is 0.382. The van der Waals surface area contributed by atoms with Crippen LogP contribution < -0.4 is 5.73 Å². The SMILES string of the molecule is CCC(CN1CCCC1=O)C1N(C)C(c2ccc([C@@](C)(O)c3cccc(C(F)(F)F)c3)cc2C(F)F)=C2C(N)=NC=CN21. The fraction of sp³-hybridized carbons (Fsp3) is 0.419. The van der Waals surface area contributed by atoms with Gasteiger partial charge in [0.25, 0.3) is 6.43 Å². The van der Waals surface area contributed by atoms with Crippen molar-refractivity contribution in [3.8, 4) is 0 Å². The largest absolute Gasteiger partial charge is 0.416 e. The van der Waals surface area contributed by atoms with Crippen LogP contribution in [-0.2, 0) is 16.6 Å². The molecule has 5 rings (SSSR count). The molecular weight excluding hydrogens is 569 g/mol. The summed E-state index contributed by atoms with van der Waals surface area (Å²) >= 11 is 0. The second-order valence-corrected chi connectivity index (χ2v) is 11.3. The Labute approximate surface area is 246 Å². The Morgan fingerprint density at radius 2 is 1.79 bits per heavy atom. The van der Waals surface area contributed by atoms with E-state index in [-0.39, 0.29) is 40.5 Å². The van der Waals surface area contributed by atoms with Gasteiger partial charge in [0, 0.05) is 56.0 Å². The Bertz CT molecular complexity index is 1500. The van der Waals surface area contributed by atoms with Gasteiger partial charge in [-0.25, -0.2) is 13.8 Å². The zero-order valence-corrected chi connectivity index (χ0v) is 24.1. The zero-order chi connectivity index (χ0) is 31.3. The number of hydrogen-bond donors (Lipinski definition) is 2. The first kappa shape index (κ1) is 30.5. The highest BCUT2D eigenvalue weighted by atomic mass is 19.4. The van der Waals surface area contributed by atoms with Crippen LogP contribution in [0.15, 0.2) is 65.6 Å². The third-order valence-electron chi connectivity index (χ3n) is 8.63. The van der Waals surface area contributed by atoms with Crippen LogP contribution in [0.25, 0.3) is 5.70 Å². The summed E-state index contributed by atoms with van der Waals surface area (Å²) in [7, 11) is 1.78. The van der Waals surface area contributed by atoms with E-state index in [2.05, 4.69) is 4.99 Å². The first-order valence-electron chi connectivity index (χ1n) is 14.1. The van der Waals surface area contributed by atoms with Gasteiger partial charge < -0.3 is 25.5 Å². The Hall–Kier alpha value is -3.93. The number of halogens is 5. The molecule has 3 heterocycles. The molecule has 3 atom stereocenters. The third kappa shape index (κ3) is 5.48. The Morgan fingerprint density at radius 3 is 2.42 bits per heavy atom. The Balaban J connectivity index is 1.57. The molecule has 2 aromatic rings. The fourth-order valence-electron chi connectivity index (χ4n) is 6.31. The second kappa shape index (κ2) is 11.3. The number of carbonyl (C=O) groups excluding carboxylic acids is 1. The Kier molecular flexibility index (Phi) is 8.02. The van der Waals surface area contributed by atoms with Crippen molar-refractivity contribution in [2.75, 3.05) is 20.1 Å². The van der Waals surface area contributed by atoms with E-state index in [1.54, 1.807) is 19.4 Å². The van der Waals surface area contributed by atoms with Gasteiger partial charge in [0.15, 0.2) is 0 Å². The minimum Gasteiger partial charge on any atom is -0.382 e. The number of carbonyl (C=O) groups is 1. The first-order chi connectivity index (χ1) is 20.3. The van der Waals surface area contributed by atoms with Gasteiger partial charge in [-0.15, -0.1) is 0 Å². The summed E-state index contributed by atoms with van der Waals surface area (Å²) in [5.41, 5.74) is 3.90. The van der Waals surface area contributed by atoms with Crippen LogP contribution in [0, 0.1) is 5.92 Å². The summed E-state index contributed by atoms with van der Waals surface area (Å²) < 4.78 is 69.6. The summed E-state index contributed by atoms with van der Waals surface area (Å²) in [4.78, 5) is 22.2. The number of nitrogens with two attached hydrogens (primary N) is 1. The Morgan fingerprint density at radius 1 is 1.09 bits per heavy atom. The van der Waals surface area contributed by atoms with Gasteiger partial charge in [-0.1, -0.05) is 31.2 Å². The average Bonchev–Trinajstić information content (AvgIpc) is 3.50. The lowest BCUT2D eigenvalue weighted by Crippen LogP contribution is -2.47. The number of alkyl halides is 5. The molecule has 0 spiro atoms. The molecule has 0 aromatic heterocycles. The van der Waals surface area contributed by atoms with Crippen LogP contribution in [-0.4, -0.2) is 57.9 Å². The van der Waals surface area contributed by atoms with E-state index in [0.717, 1.165) is 24.6 Å². The molecule has 12 heteroatoms. The van der Waals surface area contributed by atoms with Crippen molar-refractivity contribution in [2.45, 2.75) is 57.5 Å². The molecule has 0 aliphatic carbocycles. The minimum atomic E-state index is -4.64. The van der Waals surface area contributed by atoms with E-state index in [1.807, 2.05) is 21.6 Å². The summed E-state index contributed by atoms with van der Waals surface area (Å²) in [6.45, 7) is 4.45. The molecule has 43 heavy (non-hydrogen) atoms. The van der Waals surface area contributed by atoms with Crippen molar-refractivity contribution in [1.29, 1.82) is 0 Å². The molecule has 3 aliphatic rings. The lowest BCUT2D eigenvalue weighted by Gasteiger charge is -2.38. The molecular formula is C31H34F5N5O2. The number of hydrogen-bond acceptors (Lipinski definition) is 6. The number of amidine groups is 1. The number of aliphatic hydroxyl groups is 1. The number of benzene rings is 2. The van der Waals surface area contributed by atoms with E-state index >= 15 is 0 Å². The molecule has 1 fully saturated rings. The molecule has 2 unspecified atom stereocenters. The third-order valence-corrected chi connectivity index (χ3v) is 8.63. The lowest BCUT2D eigenvalue weighted by molar-refractivity contribution is -0.137. The fourth-order valence-corrected chi connectivity index (χ4v) is 6.31. The summed E-state index contributed by atoms with van der Waals surface area (Å²) in [6, 6.07) is 8.20. The maximum absolute atomic E-state index is 14.8. The molecule has 0 radical (unpaired) electrons. The van der Waals surface area contributed by atoms with Crippen LogP contribution in [0.3, 0.4) is 0 Å². The number of nitrogens with zero attached hydrogens (tertiary/aromatic N) is 4. The number of likely N-dealkylation sites (tertiary alicyclic amines) is 1. The number of fused-ring (bicyclic) bond motifs is 1. The van der Waals surface area contributed by atoms with Gasteiger partial charge in [-0.2, -0.15) is 13.2 Å². The van der Waals surface area contributed by atoms with Crippen molar-refractivity contribution in [3.63, 3.8) is 0 Å². The van der Waals surface area contributed by atoms with Gasteiger partial charge in [0.1, 0.15) is 23.3 Å². The van der Waals surface area contributed by atoms with Gasteiger partial charge >= 0.3 is 6.18 Å². The molecule has 1 amide bonds. The van der Waals surface area contributed by atoms with Crippen molar-refractivity contribution in [2.24, 2.45) is 16.6 Å². The summed E-state index contributed by atoms with van der Waals surface area (Å²) in [5, 5.41) is 11.4. The number of rotatable bonds is 8. The maximum atomic E-state index is 14.8. The number of amides is 1. The predicted octanol–water partition coefficient (Wildman–Crippen LogP) is 5.63. The molecule has 3 aliphatic heterocycles. The maximum Gasteiger partial charge on any atom is 0.416 e. The molecule has 3 N–H and O–H groups in total. The van der Waals surface area contributed by atoms with E-state index in [1.165, 1.54) is 31.2 Å². The van der Waals surface area contributed by atoms with Crippen molar-refractivity contribution >= 4 is 17.4 Å². The highest BCUT2D eigenvalue weighted by Crippen LogP contribution is 2.44. The molecule has 2 aromatic carbocycles. The van der Waals surface area contributed by atoms with Crippen molar-refractivity contribution < 1.29 is 31.9 Å².